The van der Waals surface area contributed by atoms with Gasteiger partial charge < -0.3 is 4.90 Å². The van der Waals surface area contributed by atoms with Crippen LogP contribution >= 0.6 is 0 Å². The average molecular weight is 914 g/mol. The highest BCUT2D eigenvalue weighted by atomic mass is 15.1. The first-order valence-electron chi connectivity index (χ1n) is 25.0. The normalized spacial score (nSPS) is 12.6. The Morgan fingerprint density at radius 2 is 0.681 bits per heavy atom. The molecule has 0 aromatic heterocycles. The lowest BCUT2D eigenvalue weighted by atomic mass is 9.70. The largest absolute Gasteiger partial charge is 0.310 e. The van der Waals surface area contributed by atoms with E-state index >= 15 is 0 Å². The van der Waals surface area contributed by atoms with Gasteiger partial charge in [-0.1, -0.05) is 249 Å². The van der Waals surface area contributed by atoms with E-state index in [1.807, 2.05) is 0 Å². The molecule has 336 valence electrons. The summed E-state index contributed by atoms with van der Waals surface area (Å²) in [6, 6.07) is 106. The molecule has 0 aliphatic heterocycles. The predicted octanol–water partition coefficient (Wildman–Crippen LogP) is 19.0. The summed E-state index contributed by atoms with van der Waals surface area (Å²) in [6.07, 6.45) is 0. The number of rotatable bonds is 8. The first kappa shape index (κ1) is 41.7. The summed E-state index contributed by atoms with van der Waals surface area (Å²) < 4.78 is 0. The smallest absolute Gasteiger partial charge is 0.0726 e. The molecule has 12 aromatic carbocycles. The molecule has 0 N–H and O–H groups in total. The van der Waals surface area contributed by atoms with Crippen LogP contribution in [0.25, 0.3) is 88.7 Å². The van der Waals surface area contributed by atoms with E-state index in [0.29, 0.717) is 0 Å². The number of para-hydroxylation sites is 1. The van der Waals surface area contributed by atoms with E-state index in [1.54, 1.807) is 0 Å². The van der Waals surface area contributed by atoms with Gasteiger partial charge in [0.15, 0.2) is 0 Å². The number of hydrogen-bond donors (Lipinski definition) is 0. The molecule has 72 heavy (non-hydrogen) atoms. The number of anilines is 3. The van der Waals surface area contributed by atoms with Gasteiger partial charge in [-0.05, 0) is 142 Å². The Morgan fingerprint density at radius 1 is 0.222 bits per heavy atom. The minimum atomic E-state index is -0.488. The van der Waals surface area contributed by atoms with Gasteiger partial charge in [0.1, 0.15) is 0 Å². The lowest BCUT2D eigenvalue weighted by Crippen LogP contribution is -2.26. The molecule has 0 amide bonds. The number of nitrogens with zero attached hydrogens (tertiary/aromatic N) is 1. The molecular formula is C71H47N. The van der Waals surface area contributed by atoms with E-state index in [-0.39, 0.29) is 0 Å². The second-order valence-corrected chi connectivity index (χ2v) is 19.1. The summed E-state index contributed by atoms with van der Waals surface area (Å²) in [5, 5.41) is 2.48. The maximum Gasteiger partial charge on any atom is 0.0726 e. The van der Waals surface area contributed by atoms with E-state index < -0.39 is 5.41 Å². The zero-order valence-electron chi connectivity index (χ0n) is 39.6. The van der Waals surface area contributed by atoms with Crippen molar-refractivity contribution in [2.24, 2.45) is 0 Å². The molecule has 14 rings (SSSR count). The zero-order chi connectivity index (χ0) is 47.6. The summed E-state index contributed by atoms with van der Waals surface area (Å²) in [5.74, 6) is 0. The highest BCUT2D eigenvalue weighted by molar-refractivity contribution is 6.04. The Bertz CT molecular complexity index is 3970. The van der Waals surface area contributed by atoms with Gasteiger partial charge in [-0.25, -0.2) is 0 Å². The van der Waals surface area contributed by atoms with Crippen molar-refractivity contribution < 1.29 is 0 Å². The van der Waals surface area contributed by atoms with Crippen molar-refractivity contribution in [1.82, 2.24) is 0 Å². The van der Waals surface area contributed by atoms with Crippen molar-refractivity contribution in [3.8, 4) is 77.9 Å². The van der Waals surface area contributed by atoms with Crippen molar-refractivity contribution in [2.45, 2.75) is 5.41 Å². The van der Waals surface area contributed by atoms with Crippen molar-refractivity contribution in [3.05, 3.63) is 307 Å². The van der Waals surface area contributed by atoms with Gasteiger partial charge in [0.25, 0.3) is 0 Å². The van der Waals surface area contributed by atoms with Gasteiger partial charge >= 0.3 is 0 Å². The van der Waals surface area contributed by atoms with Gasteiger partial charge in [-0.15, -0.1) is 0 Å². The molecule has 1 heteroatoms. The molecule has 1 nitrogen and oxygen atoms in total. The van der Waals surface area contributed by atoms with Crippen LogP contribution in [0.3, 0.4) is 0 Å². The molecule has 0 saturated heterocycles. The number of benzene rings is 12. The molecule has 0 unspecified atom stereocenters. The van der Waals surface area contributed by atoms with Crippen LogP contribution < -0.4 is 4.90 Å². The van der Waals surface area contributed by atoms with Crippen LogP contribution in [0.2, 0.25) is 0 Å². The summed E-state index contributed by atoms with van der Waals surface area (Å²) in [6.45, 7) is 0. The SMILES string of the molecule is c1ccc(-c2ccccc2-c2c(-c3ccccc3)cccc2-c2ccccc2N(c2ccc(-c3ccc4ccccc4c3)cc2)c2ccc3c(c2)C2(c4ccccc4-c4ccccc42)c2ccccc2-3)cc1. The van der Waals surface area contributed by atoms with Crippen LogP contribution in [0, 0.1) is 0 Å². The van der Waals surface area contributed by atoms with Crippen molar-refractivity contribution in [1.29, 1.82) is 0 Å². The van der Waals surface area contributed by atoms with E-state index in [4.69, 9.17) is 0 Å². The fourth-order valence-corrected chi connectivity index (χ4v) is 12.2. The molecular weight excluding hydrogens is 867 g/mol. The molecule has 0 atom stereocenters. The van der Waals surface area contributed by atoms with Crippen molar-refractivity contribution >= 4 is 27.8 Å². The second-order valence-electron chi connectivity index (χ2n) is 19.1. The Kier molecular flexibility index (Phi) is 9.82. The van der Waals surface area contributed by atoms with Crippen LogP contribution in [0.4, 0.5) is 17.1 Å². The standard InChI is InChI=1S/C71H47N/c1-3-21-50(22-4-1)56-26-9-10-31-63(56)70-57(51-23-5-2-6-24-51)32-19-33-64(70)62-30-14-18-37-69(62)72(54-42-40-49(41-43-54)53-39-38-48-20-7-8-25-52(48)46-53)55-44-45-61-60-29-13-17-36-67(60)71(68(61)47-55)65-34-15-11-27-58(65)59-28-12-16-35-66(59)71/h1-47H. The van der Waals surface area contributed by atoms with Crippen molar-refractivity contribution in [3.63, 3.8) is 0 Å². The van der Waals surface area contributed by atoms with Crippen molar-refractivity contribution in [2.75, 3.05) is 4.90 Å². The third kappa shape index (κ3) is 6.48. The maximum atomic E-state index is 2.51. The summed E-state index contributed by atoms with van der Waals surface area (Å²) in [7, 11) is 0. The number of hydrogen-bond acceptors (Lipinski definition) is 1. The van der Waals surface area contributed by atoms with Crippen LogP contribution in [0.1, 0.15) is 22.3 Å². The molecule has 12 aromatic rings. The summed E-state index contributed by atoms with van der Waals surface area (Å²) >= 11 is 0. The Hall–Kier alpha value is -9.30. The third-order valence-electron chi connectivity index (χ3n) is 15.3. The van der Waals surface area contributed by atoms with E-state index in [1.165, 1.54) is 99.8 Å². The molecule has 0 heterocycles. The topological polar surface area (TPSA) is 3.24 Å². The van der Waals surface area contributed by atoms with Crippen LogP contribution in [0.15, 0.2) is 285 Å². The second kappa shape index (κ2) is 17.0. The first-order chi connectivity index (χ1) is 35.7. The van der Waals surface area contributed by atoms with E-state index in [9.17, 15) is 0 Å². The first-order valence-corrected chi connectivity index (χ1v) is 25.0. The van der Waals surface area contributed by atoms with Gasteiger partial charge in [0.05, 0.1) is 11.1 Å². The Balaban J connectivity index is 1.02. The van der Waals surface area contributed by atoms with Crippen LogP contribution in [0.5, 0.6) is 0 Å². The molecule has 0 bridgehead atoms. The lowest BCUT2D eigenvalue weighted by molar-refractivity contribution is 0.793. The van der Waals surface area contributed by atoms with Gasteiger partial charge in [0.2, 0.25) is 0 Å². The molecule has 2 aliphatic rings. The molecule has 0 saturated carbocycles. The monoisotopic (exact) mass is 913 g/mol. The highest BCUT2D eigenvalue weighted by Crippen LogP contribution is 2.63. The van der Waals surface area contributed by atoms with E-state index in [2.05, 4.69) is 290 Å². The Labute approximate surface area is 421 Å². The fourth-order valence-electron chi connectivity index (χ4n) is 12.2. The minimum Gasteiger partial charge on any atom is -0.310 e. The fraction of sp³-hybridized carbons (Fsp3) is 0.0141. The maximum absolute atomic E-state index is 2.51. The van der Waals surface area contributed by atoms with Gasteiger partial charge in [-0.3, -0.25) is 0 Å². The zero-order valence-corrected chi connectivity index (χ0v) is 39.6. The summed E-state index contributed by atoms with van der Waals surface area (Å²) in [4.78, 5) is 2.51. The lowest BCUT2D eigenvalue weighted by Gasteiger charge is -2.33. The van der Waals surface area contributed by atoms with Crippen LogP contribution in [-0.2, 0) is 5.41 Å². The quantitative estimate of drug-likeness (QED) is 0.147. The summed E-state index contributed by atoms with van der Waals surface area (Å²) in [5.41, 5.74) is 25.1. The average Bonchev–Trinajstić information content (AvgIpc) is 3.93. The van der Waals surface area contributed by atoms with E-state index in [0.717, 1.165) is 28.2 Å². The molecule has 2 aliphatic carbocycles. The van der Waals surface area contributed by atoms with Gasteiger partial charge in [-0.2, -0.15) is 0 Å². The molecule has 0 fully saturated rings. The minimum absolute atomic E-state index is 0.488. The van der Waals surface area contributed by atoms with Crippen LogP contribution in [-0.4, -0.2) is 0 Å². The number of fused-ring (bicyclic) bond motifs is 11. The Morgan fingerprint density at radius 3 is 1.33 bits per heavy atom. The predicted molar refractivity (Wildman–Crippen MR) is 302 cm³/mol. The molecule has 1 spiro atoms. The highest BCUT2D eigenvalue weighted by Gasteiger charge is 2.51. The molecule has 0 radical (unpaired) electrons. The van der Waals surface area contributed by atoms with Gasteiger partial charge in [0, 0.05) is 16.9 Å². The third-order valence-corrected chi connectivity index (χ3v) is 15.3.